The first kappa shape index (κ1) is 14.7. The molecule has 0 spiro atoms. The maximum atomic E-state index is 14.2. The first-order valence-corrected chi connectivity index (χ1v) is 7.05. The molecule has 0 fully saturated rings. The van der Waals surface area contributed by atoms with Crippen molar-refractivity contribution in [1.82, 2.24) is 20.3 Å². The summed E-state index contributed by atoms with van der Waals surface area (Å²) in [5.74, 6) is -0.194. The fraction of sp³-hybridized carbons (Fsp3) is 0.467. The zero-order chi connectivity index (χ0) is 14.5. The molecule has 0 saturated carbocycles. The van der Waals surface area contributed by atoms with Crippen LogP contribution in [0.5, 0.6) is 0 Å². The van der Waals surface area contributed by atoms with Crippen molar-refractivity contribution in [3.05, 3.63) is 47.0 Å². The summed E-state index contributed by atoms with van der Waals surface area (Å²) in [5.41, 5.74) is 2.45. The number of benzene rings is 1. The summed E-state index contributed by atoms with van der Waals surface area (Å²) in [6, 6.07) is 5.10. The first-order chi connectivity index (χ1) is 9.67. The molecule has 0 aliphatic carbocycles. The predicted octanol–water partition coefficient (Wildman–Crippen LogP) is 2.83. The van der Waals surface area contributed by atoms with Crippen LogP contribution in [0.4, 0.5) is 4.39 Å². The van der Waals surface area contributed by atoms with Crippen molar-refractivity contribution in [3.8, 4) is 0 Å². The Kier molecular flexibility index (Phi) is 4.84. The molecule has 1 aromatic heterocycles. The monoisotopic (exact) mass is 276 g/mol. The van der Waals surface area contributed by atoms with Gasteiger partial charge in [-0.05, 0) is 31.5 Å². The van der Waals surface area contributed by atoms with Crippen LogP contribution in [0.15, 0.2) is 24.4 Å². The minimum atomic E-state index is -0.220. The van der Waals surface area contributed by atoms with Crippen molar-refractivity contribution in [2.24, 2.45) is 0 Å². The number of nitrogens with one attached hydrogen (secondary N) is 1. The van der Waals surface area contributed by atoms with Gasteiger partial charge in [-0.1, -0.05) is 31.2 Å². The van der Waals surface area contributed by atoms with Crippen molar-refractivity contribution >= 4 is 0 Å². The van der Waals surface area contributed by atoms with E-state index >= 15 is 0 Å². The molecule has 1 heterocycles. The number of aryl methyl sites for hydroxylation is 2. The van der Waals surface area contributed by atoms with Crippen molar-refractivity contribution in [2.45, 2.75) is 39.8 Å². The van der Waals surface area contributed by atoms with Gasteiger partial charge in [0.1, 0.15) is 5.82 Å². The summed E-state index contributed by atoms with van der Waals surface area (Å²) in [6.45, 7) is 7.51. The minimum absolute atomic E-state index is 0.194. The van der Waals surface area contributed by atoms with Crippen LogP contribution in [0, 0.1) is 12.7 Å². The lowest BCUT2D eigenvalue weighted by Crippen LogP contribution is -2.26. The van der Waals surface area contributed by atoms with Gasteiger partial charge in [-0.2, -0.15) is 0 Å². The quantitative estimate of drug-likeness (QED) is 0.882. The van der Waals surface area contributed by atoms with Gasteiger partial charge in [-0.15, -0.1) is 5.10 Å². The fourth-order valence-electron chi connectivity index (χ4n) is 2.32. The molecule has 1 N–H and O–H groups in total. The van der Waals surface area contributed by atoms with E-state index in [-0.39, 0.29) is 11.9 Å². The van der Waals surface area contributed by atoms with E-state index < -0.39 is 0 Å². The number of hydrogen-bond acceptors (Lipinski definition) is 3. The van der Waals surface area contributed by atoms with E-state index in [1.807, 2.05) is 30.7 Å². The highest BCUT2D eigenvalue weighted by molar-refractivity contribution is 5.31. The van der Waals surface area contributed by atoms with E-state index in [1.54, 1.807) is 12.3 Å². The molecule has 0 radical (unpaired) electrons. The van der Waals surface area contributed by atoms with Crippen LogP contribution in [-0.2, 0) is 6.54 Å². The van der Waals surface area contributed by atoms with Gasteiger partial charge in [-0.25, -0.2) is 9.07 Å². The van der Waals surface area contributed by atoms with Crippen LogP contribution < -0.4 is 5.32 Å². The lowest BCUT2D eigenvalue weighted by atomic mass is 10.0. The van der Waals surface area contributed by atoms with E-state index in [4.69, 9.17) is 0 Å². The van der Waals surface area contributed by atoms with Crippen molar-refractivity contribution < 1.29 is 4.39 Å². The molecule has 4 nitrogen and oxygen atoms in total. The average molecular weight is 276 g/mol. The molecule has 108 valence electrons. The van der Waals surface area contributed by atoms with Gasteiger partial charge in [0, 0.05) is 12.1 Å². The van der Waals surface area contributed by atoms with Crippen LogP contribution in [0.2, 0.25) is 0 Å². The normalized spacial score (nSPS) is 12.6. The highest BCUT2D eigenvalue weighted by Crippen LogP contribution is 2.24. The number of aromatic nitrogens is 3. The number of nitrogens with zero attached hydrogens (tertiary/aromatic N) is 3. The second-order valence-corrected chi connectivity index (χ2v) is 4.90. The molecule has 2 aromatic rings. The maximum Gasteiger partial charge on any atom is 0.128 e. The zero-order valence-corrected chi connectivity index (χ0v) is 12.2. The highest BCUT2D eigenvalue weighted by atomic mass is 19.1. The zero-order valence-electron chi connectivity index (χ0n) is 12.2. The Morgan fingerprint density at radius 3 is 2.80 bits per heavy atom. The molecule has 0 saturated heterocycles. The predicted molar refractivity (Wildman–Crippen MR) is 77.0 cm³/mol. The third-order valence-corrected chi connectivity index (χ3v) is 3.25. The SMILES string of the molecule is CCCn1nncc1C(NCC)c1ccc(C)cc1F. The molecule has 5 heteroatoms. The standard InChI is InChI=1S/C15H21FN4/c1-4-8-20-14(10-18-19-20)15(17-5-2)12-7-6-11(3)9-13(12)16/h6-7,9-10,15,17H,4-5,8H2,1-3H3. The molecule has 0 amide bonds. The second-order valence-electron chi connectivity index (χ2n) is 4.90. The highest BCUT2D eigenvalue weighted by Gasteiger charge is 2.21. The topological polar surface area (TPSA) is 42.7 Å². The molecule has 0 aliphatic rings. The summed E-state index contributed by atoms with van der Waals surface area (Å²) in [5, 5.41) is 11.4. The Labute approximate surface area is 119 Å². The van der Waals surface area contributed by atoms with Gasteiger partial charge < -0.3 is 5.32 Å². The summed E-state index contributed by atoms with van der Waals surface area (Å²) >= 11 is 0. The Balaban J connectivity index is 2.42. The molecule has 0 bridgehead atoms. The molecular weight excluding hydrogens is 255 g/mol. The largest absolute Gasteiger partial charge is 0.305 e. The smallest absolute Gasteiger partial charge is 0.128 e. The van der Waals surface area contributed by atoms with Gasteiger partial charge in [0.15, 0.2) is 0 Å². The molecule has 1 atom stereocenters. The summed E-state index contributed by atoms with van der Waals surface area (Å²) in [6.07, 6.45) is 2.67. The summed E-state index contributed by atoms with van der Waals surface area (Å²) < 4.78 is 16.1. The molecule has 2 rings (SSSR count). The summed E-state index contributed by atoms with van der Waals surface area (Å²) in [4.78, 5) is 0. The maximum absolute atomic E-state index is 14.2. The van der Waals surface area contributed by atoms with Crippen molar-refractivity contribution in [2.75, 3.05) is 6.54 Å². The van der Waals surface area contributed by atoms with Crippen molar-refractivity contribution in [3.63, 3.8) is 0 Å². The van der Waals surface area contributed by atoms with E-state index in [2.05, 4.69) is 22.6 Å². The molecule has 20 heavy (non-hydrogen) atoms. The van der Waals surface area contributed by atoms with E-state index in [0.717, 1.165) is 30.8 Å². The van der Waals surface area contributed by atoms with Crippen LogP contribution >= 0.6 is 0 Å². The van der Waals surface area contributed by atoms with Gasteiger partial charge in [0.25, 0.3) is 0 Å². The Bertz CT molecular complexity index is 565. The lowest BCUT2D eigenvalue weighted by molar-refractivity contribution is 0.496. The van der Waals surface area contributed by atoms with Crippen LogP contribution in [0.3, 0.4) is 0 Å². The number of hydrogen-bond donors (Lipinski definition) is 1. The average Bonchev–Trinajstić information content (AvgIpc) is 2.85. The molecular formula is C15H21FN4. The Morgan fingerprint density at radius 1 is 1.35 bits per heavy atom. The van der Waals surface area contributed by atoms with Crippen LogP contribution in [0.1, 0.15) is 43.1 Å². The Hall–Kier alpha value is -1.75. The summed E-state index contributed by atoms with van der Waals surface area (Å²) in [7, 11) is 0. The van der Waals surface area contributed by atoms with Gasteiger partial charge in [0.05, 0.1) is 17.9 Å². The van der Waals surface area contributed by atoms with E-state index in [1.165, 1.54) is 0 Å². The van der Waals surface area contributed by atoms with Gasteiger partial charge >= 0.3 is 0 Å². The second kappa shape index (κ2) is 6.61. The van der Waals surface area contributed by atoms with E-state index in [0.29, 0.717) is 5.56 Å². The fourth-order valence-corrected chi connectivity index (χ4v) is 2.32. The third-order valence-electron chi connectivity index (χ3n) is 3.25. The van der Waals surface area contributed by atoms with Crippen LogP contribution in [0.25, 0.3) is 0 Å². The van der Waals surface area contributed by atoms with E-state index in [9.17, 15) is 4.39 Å². The van der Waals surface area contributed by atoms with Crippen LogP contribution in [-0.4, -0.2) is 21.5 Å². The lowest BCUT2D eigenvalue weighted by Gasteiger charge is -2.20. The Morgan fingerprint density at radius 2 is 2.15 bits per heavy atom. The third kappa shape index (κ3) is 3.04. The molecule has 1 unspecified atom stereocenters. The minimum Gasteiger partial charge on any atom is -0.305 e. The van der Waals surface area contributed by atoms with Gasteiger partial charge in [-0.3, -0.25) is 0 Å². The van der Waals surface area contributed by atoms with Crippen molar-refractivity contribution in [1.29, 1.82) is 0 Å². The first-order valence-electron chi connectivity index (χ1n) is 7.05. The van der Waals surface area contributed by atoms with Gasteiger partial charge in [0.2, 0.25) is 0 Å². The molecule has 1 aromatic carbocycles. The number of rotatable bonds is 6. The molecule has 0 aliphatic heterocycles. The number of halogens is 1.